The minimum absolute atomic E-state index is 0.0752. The van der Waals surface area contributed by atoms with Crippen LogP contribution in [0.3, 0.4) is 0 Å². The van der Waals surface area contributed by atoms with E-state index in [2.05, 4.69) is 19.1 Å². The minimum Gasteiger partial charge on any atom is -0.486 e. The molecular weight excluding hydrogens is 234 g/mol. The van der Waals surface area contributed by atoms with Crippen LogP contribution in [0.5, 0.6) is 11.5 Å². The maximum absolute atomic E-state index is 5.98. The van der Waals surface area contributed by atoms with Gasteiger partial charge in [-0.25, -0.2) is 0 Å². The van der Waals surface area contributed by atoms with Crippen molar-refractivity contribution in [2.24, 2.45) is 5.73 Å². The van der Waals surface area contributed by atoms with E-state index in [4.69, 9.17) is 15.2 Å². The Hall–Kier alpha value is -1.26. The fourth-order valence-corrected chi connectivity index (χ4v) is 3.38. The minimum atomic E-state index is 0.0752. The summed E-state index contributed by atoms with van der Waals surface area (Å²) < 4.78 is 12.4. The summed E-state index contributed by atoms with van der Waals surface area (Å²) in [7, 11) is 0. The average molecular weight is 249 g/mol. The first-order valence-electron chi connectivity index (χ1n) is 5.75. The monoisotopic (exact) mass is 249 g/mol. The van der Waals surface area contributed by atoms with Crippen molar-refractivity contribution in [2.75, 3.05) is 13.2 Å². The molecule has 2 N–H and O–H groups in total. The topological polar surface area (TPSA) is 44.5 Å². The van der Waals surface area contributed by atoms with Crippen LogP contribution in [0.4, 0.5) is 0 Å². The van der Waals surface area contributed by atoms with E-state index in [0.29, 0.717) is 13.2 Å². The molecule has 1 aromatic carbocycles. The molecule has 1 unspecified atom stereocenters. The molecule has 0 aliphatic carbocycles. The molecule has 0 bridgehead atoms. The van der Waals surface area contributed by atoms with Crippen molar-refractivity contribution in [3.05, 3.63) is 22.6 Å². The van der Waals surface area contributed by atoms with Crippen molar-refractivity contribution < 1.29 is 9.47 Å². The molecule has 0 saturated heterocycles. The summed E-state index contributed by atoms with van der Waals surface area (Å²) in [6, 6.07) is 4.21. The molecule has 3 nitrogen and oxygen atoms in total. The van der Waals surface area contributed by atoms with E-state index in [-0.39, 0.29) is 6.04 Å². The summed E-state index contributed by atoms with van der Waals surface area (Å²) >= 11 is 1.74. The summed E-state index contributed by atoms with van der Waals surface area (Å²) in [4.78, 5) is 1.24. The van der Waals surface area contributed by atoms with Gasteiger partial charge in [-0.15, -0.1) is 11.3 Å². The van der Waals surface area contributed by atoms with Gasteiger partial charge in [-0.05, 0) is 30.9 Å². The standard InChI is InChI=1S/C13H15NO2S/c1-7-9-5-10-11(16-4-3-15-10)6-12(9)17-13(7)8(2)14/h5-6,8H,3-4,14H2,1-2H3. The molecule has 1 aliphatic heterocycles. The molecule has 0 radical (unpaired) electrons. The number of rotatable bonds is 1. The van der Waals surface area contributed by atoms with Crippen LogP contribution in [0.15, 0.2) is 12.1 Å². The van der Waals surface area contributed by atoms with Gasteiger partial charge in [0.05, 0.1) is 0 Å². The first kappa shape index (κ1) is 10.9. The second-order valence-corrected chi connectivity index (χ2v) is 5.46. The Bertz CT molecular complexity index is 574. The highest BCUT2D eigenvalue weighted by molar-refractivity contribution is 7.19. The molecule has 90 valence electrons. The number of ether oxygens (including phenoxy) is 2. The van der Waals surface area contributed by atoms with Crippen LogP contribution in [0, 0.1) is 6.92 Å². The lowest BCUT2D eigenvalue weighted by Crippen LogP contribution is -2.15. The summed E-state index contributed by atoms with van der Waals surface area (Å²) in [6.07, 6.45) is 0. The van der Waals surface area contributed by atoms with Gasteiger partial charge in [0.1, 0.15) is 13.2 Å². The predicted octanol–water partition coefficient (Wildman–Crippen LogP) is 3.00. The Labute approximate surface area is 104 Å². The zero-order valence-electron chi connectivity index (χ0n) is 9.95. The highest BCUT2D eigenvalue weighted by atomic mass is 32.1. The van der Waals surface area contributed by atoms with Crippen LogP contribution in [0.2, 0.25) is 0 Å². The fourth-order valence-electron chi connectivity index (χ4n) is 2.21. The summed E-state index contributed by atoms with van der Waals surface area (Å²) in [6.45, 7) is 5.39. The third kappa shape index (κ3) is 1.68. The maximum Gasteiger partial charge on any atom is 0.162 e. The number of nitrogens with two attached hydrogens (primary N) is 1. The molecule has 2 heterocycles. The lowest BCUT2D eigenvalue weighted by Gasteiger charge is -2.18. The van der Waals surface area contributed by atoms with Crippen LogP contribution in [-0.2, 0) is 0 Å². The van der Waals surface area contributed by atoms with E-state index in [1.165, 1.54) is 20.5 Å². The van der Waals surface area contributed by atoms with Gasteiger partial charge in [0, 0.05) is 21.7 Å². The molecule has 2 aromatic rings. The van der Waals surface area contributed by atoms with Gasteiger partial charge in [-0.1, -0.05) is 0 Å². The Balaban J connectivity index is 2.23. The van der Waals surface area contributed by atoms with Gasteiger partial charge in [-0.2, -0.15) is 0 Å². The normalized spacial score (nSPS) is 16.2. The maximum atomic E-state index is 5.98. The van der Waals surface area contributed by atoms with Crippen LogP contribution in [0.1, 0.15) is 23.4 Å². The number of hydrogen-bond donors (Lipinski definition) is 1. The van der Waals surface area contributed by atoms with Gasteiger partial charge in [-0.3, -0.25) is 0 Å². The highest BCUT2D eigenvalue weighted by Crippen LogP contribution is 2.41. The molecule has 1 atom stereocenters. The van der Waals surface area contributed by atoms with Crippen molar-refractivity contribution in [2.45, 2.75) is 19.9 Å². The molecule has 3 rings (SSSR count). The fraction of sp³-hybridized carbons (Fsp3) is 0.385. The second-order valence-electron chi connectivity index (χ2n) is 4.37. The zero-order chi connectivity index (χ0) is 12.0. The van der Waals surface area contributed by atoms with E-state index >= 15 is 0 Å². The van der Waals surface area contributed by atoms with Gasteiger partial charge < -0.3 is 15.2 Å². The third-order valence-electron chi connectivity index (χ3n) is 3.05. The Morgan fingerprint density at radius 1 is 1.24 bits per heavy atom. The third-order valence-corrected chi connectivity index (χ3v) is 4.51. The lowest BCUT2D eigenvalue weighted by molar-refractivity contribution is 0.172. The van der Waals surface area contributed by atoms with Crippen molar-refractivity contribution in [3.63, 3.8) is 0 Å². The van der Waals surface area contributed by atoms with Crippen molar-refractivity contribution in [1.82, 2.24) is 0 Å². The van der Waals surface area contributed by atoms with E-state index in [0.717, 1.165) is 11.5 Å². The Kier molecular flexibility index (Phi) is 2.49. The lowest BCUT2D eigenvalue weighted by atomic mass is 10.1. The van der Waals surface area contributed by atoms with Crippen LogP contribution >= 0.6 is 11.3 Å². The number of hydrogen-bond acceptors (Lipinski definition) is 4. The SMILES string of the molecule is Cc1c(C(C)N)sc2cc3c(cc12)OCCO3. The molecule has 1 aliphatic rings. The Morgan fingerprint density at radius 3 is 2.53 bits per heavy atom. The molecule has 1 aromatic heterocycles. The van der Waals surface area contributed by atoms with E-state index < -0.39 is 0 Å². The first-order valence-corrected chi connectivity index (χ1v) is 6.56. The van der Waals surface area contributed by atoms with Crippen molar-refractivity contribution >= 4 is 21.4 Å². The predicted molar refractivity (Wildman–Crippen MR) is 70.2 cm³/mol. The molecule has 0 amide bonds. The summed E-state index contributed by atoms with van der Waals surface area (Å²) in [5.74, 6) is 1.70. The van der Waals surface area contributed by atoms with E-state index in [1.807, 2.05) is 6.92 Å². The Morgan fingerprint density at radius 2 is 1.88 bits per heavy atom. The van der Waals surface area contributed by atoms with Gasteiger partial charge in [0.15, 0.2) is 11.5 Å². The van der Waals surface area contributed by atoms with Gasteiger partial charge >= 0.3 is 0 Å². The van der Waals surface area contributed by atoms with Crippen molar-refractivity contribution in [1.29, 1.82) is 0 Å². The zero-order valence-corrected chi connectivity index (χ0v) is 10.8. The molecular formula is C13H15NO2S. The molecule has 4 heteroatoms. The molecule has 0 saturated carbocycles. The quantitative estimate of drug-likeness (QED) is 0.845. The number of benzene rings is 1. The summed E-state index contributed by atoms with van der Waals surface area (Å²) in [5, 5.41) is 1.23. The van der Waals surface area contributed by atoms with Crippen molar-refractivity contribution in [3.8, 4) is 11.5 Å². The van der Waals surface area contributed by atoms with Gasteiger partial charge in [0.25, 0.3) is 0 Å². The molecule has 0 spiro atoms. The average Bonchev–Trinajstić information content (AvgIpc) is 2.64. The molecule has 0 fully saturated rings. The van der Waals surface area contributed by atoms with Gasteiger partial charge in [0.2, 0.25) is 0 Å². The smallest absolute Gasteiger partial charge is 0.162 e. The van der Waals surface area contributed by atoms with Crippen LogP contribution in [-0.4, -0.2) is 13.2 Å². The number of thiophene rings is 1. The highest BCUT2D eigenvalue weighted by Gasteiger charge is 2.17. The van der Waals surface area contributed by atoms with Crippen LogP contribution in [0.25, 0.3) is 10.1 Å². The molecule has 17 heavy (non-hydrogen) atoms. The van der Waals surface area contributed by atoms with Crippen LogP contribution < -0.4 is 15.2 Å². The first-order chi connectivity index (χ1) is 8.16. The summed E-state index contributed by atoms with van der Waals surface area (Å²) in [5.41, 5.74) is 7.24. The number of aryl methyl sites for hydroxylation is 1. The number of fused-ring (bicyclic) bond motifs is 2. The second kappa shape index (κ2) is 3.89. The van der Waals surface area contributed by atoms with E-state index in [9.17, 15) is 0 Å². The largest absolute Gasteiger partial charge is 0.486 e. The van der Waals surface area contributed by atoms with E-state index in [1.54, 1.807) is 11.3 Å².